The Labute approximate surface area is 166 Å². The second kappa shape index (κ2) is 7.51. The first-order chi connectivity index (χ1) is 13.7. The van der Waals surface area contributed by atoms with E-state index >= 15 is 0 Å². The lowest BCUT2D eigenvalue weighted by Gasteiger charge is -2.28. The standard InChI is InChI=1S/C22H28N6/c23-16-5-7-17(8-6-16)26-21-19(14-3-4-14)13-25-22(28-21)27-18-9-10-20-15(12-18)2-1-11-24-20/h9-14,16-17H,1-8,23H2,(H2,25,26,27,28). The summed E-state index contributed by atoms with van der Waals surface area (Å²) in [5.41, 5.74) is 10.7. The van der Waals surface area contributed by atoms with Gasteiger partial charge >= 0.3 is 0 Å². The summed E-state index contributed by atoms with van der Waals surface area (Å²) in [6.45, 7) is 0. The van der Waals surface area contributed by atoms with Crippen LogP contribution in [0.15, 0.2) is 29.4 Å². The average molecular weight is 377 g/mol. The zero-order valence-electron chi connectivity index (χ0n) is 16.2. The molecular weight excluding hydrogens is 348 g/mol. The zero-order valence-corrected chi connectivity index (χ0v) is 16.2. The molecule has 1 aromatic heterocycles. The maximum atomic E-state index is 6.06. The summed E-state index contributed by atoms with van der Waals surface area (Å²) in [6, 6.07) is 7.10. The van der Waals surface area contributed by atoms with E-state index in [0.717, 1.165) is 55.7 Å². The van der Waals surface area contributed by atoms with Crippen molar-refractivity contribution in [1.29, 1.82) is 0 Å². The van der Waals surface area contributed by atoms with Crippen LogP contribution in [0.3, 0.4) is 0 Å². The fourth-order valence-electron chi connectivity index (χ4n) is 4.22. The number of nitrogens with one attached hydrogen (secondary N) is 2. The van der Waals surface area contributed by atoms with Crippen molar-refractivity contribution in [3.63, 3.8) is 0 Å². The van der Waals surface area contributed by atoms with Gasteiger partial charge in [-0.3, -0.25) is 4.99 Å². The lowest BCUT2D eigenvalue weighted by Crippen LogP contribution is -2.33. The van der Waals surface area contributed by atoms with E-state index in [1.807, 2.05) is 12.4 Å². The van der Waals surface area contributed by atoms with Crippen LogP contribution in [-0.2, 0) is 6.42 Å². The Morgan fingerprint density at radius 2 is 1.89 bits per heavy atom. The van der Waals surface area contributed by atoms with E-state index in [2.05, 4.69) is 38.8 Å². The van der Waals surface area contributed by atoms with Crippen LogP contribution in [0.25, 0.3) is 0 Å². The second-order valence-electron chi connectivity index (χ2n) is 8.35. The van der Waals surface area contributed by atoms with Gasteiger partial charge in [0, 0.05) is 35.7 Å². The van der Waals surface area contributed by atoms with Gasteiger partial charge in [-0.05, 0) is 81.0 Å². The molecule has 28 heavy (non-hydrogen) atoms. The fourth-order valence-corrected chi connectivity index (χ4v) is 4.22. The van der Waals surface area contributed by atoms with E-state index in [9.17, 15) is 0 Å². The van der Waals surface area contributed by atoms with Crippen LogP contribution in [-0.4, -0.2) is 28.3 Å². The number of aliphatic imine (C=N–C) groups is 1. The van der Waals surface area contributed by atoms with E-state index in [-0.39, 0.29) is 0 Å². The number of rotatable bonds is 5. The second-order valence-corrected chi connectivity index (χ2v) is 8.35. The highest BCUT2D eigenvalue weighted by Crippen LogP contribution is 2.43. The minimum atomic E-state index is 0.358. The monoisotopic (exact) mass is 376 g/mol. The highest BCUT2D eigenvalue weighted by atomic mass is 15.2. The van der Waals surface area contributed by atoms with Gasteiger partial charge in [0.1, 0.15) is 5.82 Å². The molecule has 1 aromatic carbocycles. The molecule has 3 aliphatic rings. The summed E-state index contributed by atoms with van der Waals surface area (Å²) in [5, 5.41) is 7.09. The average Bonchev–Trinajstić information content (AvgIpc) is 3.55. The lowest BCUT2D eigenvalue weighted by molar-refractivity contribution is 0.410. The summed E-state index contributed by atoms with van der Waals surface area (Å²) in [7, 11) is 0. The van der Waals surface area contributed by atoms with E-state index in [1.54, 1.807) is 0 Å². The minimum absolute atomic E-state index is 0.358. The Kier molecular flexibility index (Phi) is 4.72. The molecule has 0 amide bonds. The molecule has 0 bridgehead atoms. The Hall–Kier alpha value is -2.47. The van der Waals surface area contributed by atoms with Gasteiger partial charge < -0.3 is 16.4 Å². The number of fused-ring (bicyclic) bond motifs is 1. The molecule has 4 N–H and O–H groups in total. The summed E-state index contributed by atoms with van der Waals surface area (Å²) in [4.78, 5) is 13.9. The van der Waals surface area contributed by atoms with E-state index in [1.165, 1.54) is 24.0 Å². The third-order valence-electron chi connectivity index (χ3n) is 6.06. The largest absolute Gasteiger partial charge is 0.367 e. The number of benzene rings is 1. The first kappa shape index (κ1) is 17.6. The summed E-state index contributed by atoms with van der Waals surface area (Å²) in [6.07, 6.45) is 12.9. The van der Waals surface area contributed by atoms with E-state index in [4.69, 9.17) is 10.7 Å². The number of hydrogen-bond donors (Lipinski definition) is 3. The molecule has 2 aliphatic carbocycles. The van der Waals surface area contributed by atoms with Crippen LogP contribution in [0.2, 0.25) is 0 Å². The molecule has 0 radical (unpaired) electrons. The van der Waals surface area contributed by atoms with Crippen molar-refractivity contribution < 1.29 is 0 Å². The number of aryl methyl sites for hydroxylation is 1. The summed E-state index contributed by atoms with van der Waals surface area (Å²) < 4.78 is 0. The van der Waals surface area contributed by atoms with Gasteiger partial charge in [0.15, 0.2) is 0 Å². The van der Waals surface area contributed by atoms with Crippen molar-refractivity contribution in [1.82, 2.24) is 9.97 Å². The molecule has 2 aromatic rings. The van der Waals surface area contributed by atoms with E-state index < -0.39 is 0 Å². The minimum Gasteiger partial charge on any atom is -0.367 e. The summed E-state index contributed by atoms with van der Waals surface area (Å²) >= 11 is 0. The van der Waals surface area contributed by atoms with Crippen LogP contribution < -0.4 is 16.4 Å². The summed E-state index contributed by atoms with van der Waals surface area (Å²) in [5.74, 6) is 2.27. The third-order valence-corrected chi connectivity index (χ3v) is 6.06. The molecule has 0 unspecified atom stereocenters. The number of nitrogens with zero attached hydrogens (tertiary/aromatic N) is 3. The Morgan fingerprint density at radius 1 is 1.04 bits per heavy atom. The van der Waals surface area contributed by atoms with Gasteiger partial charge in [-0.15, -0.1) is 0 Å². The molecule has 146 valence electrons. The van der Waals surface area contributed by atoms with Gasteiger partial charge in [0.05, 0.1) is 5.69 Å². The molecule has 1 aliphatic heterocycles. The number of nitrogens with two attached hydrogens (primary N) is 1. The topological polar surface area (TPSA) is 88.2 Å². The van der Waals surface area contributed by atoms with Crippen molar-refractivity contribution in [3.05, 3.63) is 35.5 Å². The molecule has 0 saturated heterocycles. The zero-order chi connectivity index (χ0) is 18.9. The smallest absolute Gasteiger partial charge is 0.229 e. The molecular formula is C22H28N6. The van der Waals surface area contributed by atoms with Crippen LogP contribution in [0.5, 0.6) is 0 Å². The molecule has 2 fully saturated rings. The molecule has 5 rings (SSSR count). The van der Waals surface area contributed by atoms with Gasteiger partial charge in [0.2, 0.25) is 5.95 Å². The van der Waals surface area contributed by atoms with Crippen molar-refractivity contribution >= 4 is 29.4 Å². The van der Waals surface area contributed by atoms with Gasteiger partial charge in [0.25, 0.3) is 0 Å². The normalized spacial score (nSPS) is 23.9. The Morgan fingerprint density at radius 3 is 2.71 bits per heavy atom. The highest BCUT2D eigenvalue weighted by molar-refractivity contribution is 5.71. The fraction of sp³-hybridized carbons (Fsp3) is 0.500. The molecule has 6 heteroatoms. The molecule has 6 nitrogen and oxygen atoms in total. The molecule has 0 atom stereocenters. The number of aromatic nitrogens is 2. The van der Waals surface area contributed by atoms with Gasteiger partial charge in [-0.25, -0.2) is 4.98 Å². The molecule has 2 heterocycles. The van der Waals surface area contributed by atoms with Crippen LogP contribution >= 0.6 is 0 Å². The van der Waals surface area contributed by atoms with Crippen LogP contribution in [0.1, 0.15) is 62.0 Å². The molecule has 2 saturated carbocycles. The Bertz CT molecular complexity index is 881. The van der Waals surface area contributed by atoms with Crippen molar-refractivity contribution in [2.24, 2.45) is 10.7 Å². The van der Waals surface area contributed by atoms with Crippen molar-refractivity contribution in [2.75, 3.05) is 10.6 Å². The predicted octanol–water partition coefficient (Wildman–Crippen LogP) is 4.43. The lowest BCUT2D eigenvalue weighted by atomic mass is 9.92. The first-order valence-corrected chi connectivity index (χ1v) is 10.6. The SMILES string of the molecule is NC1CCC(Nc2nc(Nc3ccc4c(c3)CCC=N4)ncc2C2CC2)CC1. The first-order valence-electron chi connectivity index (χ1n) is 10.6. The number of hydrogen-bond acceptors (Lipinski definition) is 6. The highest BCUT2D eigenvalue weighted by Gasteiger charge is 2.29. The van der Waals surface area contributed by atoms with Crippen LogP contribution in [0, 0.1) is 0 Å². The van der Waals surface area contributed by atoms with Crippen molar-refractivity contribution in [3.8, 4) is 0 Å². The Balaban J connectivity index is 1.36. The maximum Gasteiger partial charge on any atom is 0.229 e. The quantitative estimate of drug-likeness (QED) is 0.718. The predicted molar refractivity (Wildman–Crippen MR) is 114 cm³/mol. The van der Waals surface area contributed by atoms with Crippen molar-refractivity contribution in [2.45, 2.75) is 69.4 Å². The van der Waals surface area contributed by atoms with Gasteiger partial charge in [-0.1, -0.05) is 0 Å². The third kappa shape index (κ3) is 3.87. The van der Waals surface area contributed by atoms with E-state index in [0.29, 0.717) is 23.9 Å². The number of anilines is 3. The maximum absolute atomic E-state index is 6.06. The van der Waals surface area contributed by atoms with Crippen LogP contribution in [0.4, 0.5) is 23.1 Å². The van der Waals surface area contributed by atoms with Gasteiger partial charge in [-0.2, -0.15) is 4.98 Å². The molecule has 0 spiro atoms.